The first-order chi connectivity index (χ1) is 3.93. The Bertz CT molecular complexity index is 155. The average Bonchev–Trinajstić information content (AvgIpc) is 2.19. The molecule has 0 aliphatic heterocycles. The van der Waals surface area contributed by atoms with E-state index in [1.807, 2.05) is 12.1 Å². The molecule has 1 heterocycles. The van der Waals surface area contributed by atoms with Crippen LogP contribution in [0, 0.1) is 0 Å². The Hall–Kier alpha value is -0.461. The maximum atomic E-state index is 4.99. The molecule has 0 aliphatic rings. The van der Waals surface area contributed by atoms with Crippen molar-refractivity contribution in [3.8, 4) is 4.62 Å². The van der Waals surface area contributed by atoms with Crippen LogP contribution in [0.5, 0.6) is 4.62 Å². The molecule has 1 rings (SSSR count). The van der Waals surface area contributed by atoms with Crippen LogP contribution in [0.3, 0.4) is 0 Å². The van der Waals surface area contributed by atoms with Crippen molar-refractivity contribution in [3.05, 3.63) is 29.9 Å². The Balaban J connectivity index is 2.62. The van der Waals surface area contributed by atoms with E-state index < -0.39 is 0 Å². The van der Waals surface area contributed by atoms with E-state index in [1.54, 1.807) is 0 Å². The molecule has 0 amide bonds. The summed E-state index contributed by atoms with van der Waals surface area (Å²) >= 11 is 0.425. The van der Waals surface area contributed by atoms with Gasteiger partial charge in [-0.15, -0.1) is 0 Å². The first kappa shape index (κ1) is 5.67. The van der Waals surface area contributed by atoms with Crippen molar-refractivity contribution in [2.45, 2.75) is 0 Å². The average molecular weight is 173 g/mol. The fourth-order valence-electron chi connectivity index (χ4n) is 0.413. The van der Waals surface area contributed by atoms with Gasteiger partial charge >= 0.3 is 53.8 Å². The summed E-state index contributed by atoms with van der Waals surface area (Å²) in [7, 11) is 0. The van der Waals surface area contributed by atoms with Gasteiger partial charge in [0, 0.05) is 0 Å². The van der Waals surface area contributed by atoms with E-state index in [1.165, 1.54) is 6.26 Å². The summed E-state index contributed by atoms with van der Waals surface area (Å²) in [6.45, 7) is 3.44. The molecular formula is C6H6OSe. The van der Waals surface area contributed by atoms with Gasteiger partial charge in [-0.3, -0.25) is 0 Å². The van der Waals surface area contributed by atoms with Crippen molar-refractivity contribution in [2.75, 3.05) is 0 Å². The Labute approximate surface area is 54.3 Å². The van der Waals surface area contributed by atoms with E-state index >= 15 is 0 Å². The molecule has 1 aromatic rings. The number of hydrogen-bond donors (Lipinski definition) is 0. The van der Waals surface area contributed by atoms with E-state index in [9.17, 15) is 0 Å². The van der Waals surface area contributed by atoms with Crippen molar-refractivity contribution < 1.29 is 4.74 Å². The standard InChI is InChI=1S/C6H6OSe/c1-2-7-6-4-3-5-8-6/h2-5H,1H2. The maximum absolute atomic E-state index is 4.99. The summed E-state index contributed by atoms with van der Waals surface area (Å²) in [5, 5.41) is 0. The molecule has 0 fully saturated rings. The fourth-order valence-corrected chi connectivity index (χ4v) is 1.61. The monoisotopic (exact) mass is 174 g/mol. The molecule has 0 bridgehead atoms. The molecule has 1 nitrogen and oxygen atoms in total. The van der Waals surface area contributed by atoms with E-state index in [0.717, 1.165) is 4.62 Å². The predicted molar refractivity (Wildman–Crippen MR) is 34.2 cm³/mol. The molecule has 0 unspecified atom stereocenters. The quantitative estimate of drug-likeness (QED) is 0.483. The normalized spacial score (nSPS) is 8.50. The molecule has 0 atom stereocenters. The molecular weight excluding hydrogens is 167 g/mol. The van der Waals surface area contributed by atoms with Gasteiger partial charge in [0.05, 0.1) is 0 Å². The van der Waals surface area contributed by atoms with Crippen molar-refractivity contribution in [1.29, 1.82) is 0 Å². The Morgan fingerprint density at radius 3 is 3.12 bits per heavy atom. The Morgan fingerprint density at radius 2 is 2.62 bits per heavy atom. The molecule has 0 radical (unpaired) electrons. The summed E-state index contributed by atoms with van der Waals surface area (Å²) in [6.07, 6.45) is 1.46. The molecule has 1 aromatic heterocycles. The van der Waals surface area contributed by atoms with Crippen LogP contribution in [0.4, 0.5) is 0 Å². The van der Waals surface area contributed by atoms with Crippen LogP contribution in [-0.4, -0.2) is 14.5 Å². The van der Waals surface area contributed by atoms with Gasteiger partial charge in [-0.1, -0.05) is 0 Å². The Kier molecular flexibility index (Phi) is 1.95. The van der Waals surface area contributed by atoms with Crippen molar-refractivity contribution in [1.82, 2.24) is 0 Å². The number of hydrogen-bond acceptors (Lipinski definition) is 1. The van der Waals surface area contributed by atoms with E-state index in [2.05, 4.69) is 11.5 Å². The van der Waals surface area contributed by atoms with Gasteiger partial charge in [0.15, 0.2) is 0 Å². The summed E-state index contributed by atoms with van der Waals surface area (Å²) in [5.74, 6) is 0. The van der Waals surface area contributed by atoms with E-state index in [4.69, 9.17) is 4.74 Å². The third-order valence-corrected chi connectivity index (χ3v) is 2.28. The Morgan fingerprint density at radius 1 is 1.75 bits per heavy atom. The van der Waals surface area contributed by atoms with Crippen LogP contribution in [0.15, 0.2) is 29.9 Å². The zero-order chi connectivity index (χ0) is 5.82. The SMILES string of the molecule is C=COc1ccc[se]1. The molecule has 0 saturated heterocycles. The molecule has 42 valence electrons. The van der Waals surface area contributed by atoms with Crippen LogP contribution < -0.4 is 4.74 Å². The van der Waals surface area contributed by atoms with Gasteiger partial charge in [-0.25, -0.2) is 0 Å². The van der Waals surface area contributed by atoms with Gasteiger partial charge in [0.2, 0.25) is 0 Å². The second-order valence-electron chi connectivity index (χ2n) is 1.22. The van der Waals surface area contributed by atoms with Crippen LogP contribution in [0.25, 0.3) is 0 Å². The third kappa shape index (κ3) is 1.25. The predicted octanol–water partition coefficient (Wildman–Crippen LogP) is 1.27. The molecule has 0 spiro atoms. The van der Waals surface area contributed by atoms with Crippen LogP contribution >= 0.6 is 0 Å². The fraction of sp³-hybridized carbons (Fsp3) is 0. The van der Waals surface area contributed by atoms with Crippen LogP contribution in [0.2, 0.25) is 0 Å². The molecule has 0 aromatic carbocycles. The number of ether oxygens (including phenoxy) is 1. The zero-order valence-corrected chi connectivity index (χ0v) is 6.05. The summed E-state index contributed by atoms with van der Waals surface area (Å²) < 4.78 is 6.03. The second-order valence-corrected chi connectivity index (χ2v) is 3.13. The van der Waals surface area contributed by atoms with Crippen LogP contribution in [0.1, 0.15) is 0 Å². The topological polar surface area (TPSA) is 9.23 Å². The molecule has 8 heavy (non-hydrogen) atoms. The molecule has 0 saturated carbocycles. The van der Waals surface area contributed by atoms with E-state index in [0.29, 0.717) is 14.5 Å². The van der Waals surface area contributed by atoms with Crippen LogP contribution in [-0.2, 0) is 0 Å². The van der Waals surface area contributed by atoms with Gasteiger partial charge in [-0.2, -0.15) is 0 Å². The van der Waals surface area contributed by atoms with Crippen molar-refractivity contribution >= 4 is 14.5 Å². The number of rotatable bonds is 2. The van der Waals surface area contributed by atoms with Gasteiger partial charge in [-0.05, 0) is 0 Å². The van der Waals surface area contributed by atoms with Crippen molar-refractivity contribution in [3.63, 3.8) is 0 Å². The minimum atomic E-state index is 0.425. The van der Waals surface area contributed by atoms with Crippen molar-refractivity contribution in [2.24, 2.45) is 0 Å². The minimum absolute atomic E-state index is 0.425. The second kappa shape index (κ2) is 2.75. The van der Waals surface area contributed by atoms with E-state index in [-0.39, 0.29) is 0 Å². The summed E-state index contributed by atoms with van der Waals surface area (Å²) in [6, 6.07) is 3.96. The molecule has 0 N–H and O–H groups in total. The molecule has 2 heteroatoms. The summed E-state index contributed by atoms with van der Waals surface area (Å²) in [5.41, 5.74) is 0. The van der Waals surface area contributed by atoms with Gasteiger partial charge in [0.25, 0.3) is 0 Å². The summed E-state index contributed by atoms with van der Waals surface area (Å²) in [4.78, 5) is 2.10. The molecule has 0 aliphatic carbocycles. The third-order valence-electron chi connectivity index (χ3n) is 0.695. The van der Waals surface area contributed by atoms with Gasteiger partial charge in [0.1, 0.15) is 0 Å². The zero-order valence-electron chi connectivity index (χ0n) is 4.33. The first-order valence-electron chi connectivity index (χ1n) is 2.24. The first-order valence-corrected chi connectivity index (χ1v) is 4.09. The van der Waals surface area contributed by atoms with Gasteiger partial charge < -0.3 is 0 Å².